The minimum atomic E-state index is -0.201. The molecule has 0 saturated heterocycles. The van der Waals surface area contributed by atoms with Crippen LogP contribution in [0.5, 0.6) is 0 Å². The van der Waals surface area contributed by atoms with Crippen LogP contribution in [0.2, 0.25) is 0 Å². The number of ketones is 2. The summed E-state index contributed by atoms with van der Waals surface area (Å²) in [4.78, 5) is 22.8. The van der Waals surface area contributed by atoms with E-state index in [-0.39, 0.29) is 11.6 Å². The summed E-state index contributed by atoms with van der Waals surface area (Å²) in [5, 5.41) is 0. The maximum atomic E-state index is 11.4. The van der Waals surface area contributed by atoms with Crippen molar-refractivity contribution in [2.75, 3.05) is 13.7 Å². The number of unbranched alkanes of at least 4 members (excludes halogenated alkanes) is 4. The molecule has 94 valence electrons. The molecular weight excluding hydrogens is 204 g/mol. The second-order valence-electron chi connectivity index (χ2n) is 4.11. The van der Waals surface area contributed by atoms with Gasteiger partial charge < -0.3 is 4.74 Å². The lowest BCUT2D eigenvalue weighted by Gasteiger charge is -2.00. The summed E-state index contributed by atoms with van der Waals surface area (Å²) >= 11 is 0. The van der Waals surface area contributed by atoms with Gasteiger partial charge in [-0.1, -0.05) is 26.2 Å². The van der Waals surface area contributed by atoms with Crippen LogP contribution in [-0.2, 0) is 14.3 Å². The van der Waals surface area contributed by atoms with Crippen LogP contribution in [0.15, 0.2) is 0 Å². The number of carbonyl (C=O) groups is 2. The molecule has 0 aromatic rings. The molecule has 3 nitrogen and oxygen atoms in total. The van der Waals surface area contributed by atoms with Crippen molar-refractivity contribution in [3.8, 4) is 0 Å². The number of ether oxygens (including phenoxy) is 1. The number of rotatable bonds is 11. The van der Waals surface area contributed by atoms with Gasteiger partial charge in [0.05, 0.1) is 0 Å². The summed E-state index contributed by atoms with van der Waals surface area (Å²) in [6.07, 6.45) is 6.64. The fraction of sp³-hybridized carbons (Fsp3) is 0.846. The first kappa shape index (κ1) is 15.3. The molecule has 0 heterocycles. The third-order valence-corrected chi connectivity index (χ3v) is 2.57. The number of methoxy groups -OCH3 is 1. The molecule has 0 amide bonds. The molecular formula is C13H24O3. The van der Waals surface area contributed by atoms with Crippen LogP contribution < -0.4 is 0 Å². The van der Waals surface area contributed by atoms with E-state index in [1.807, 2.05) is 0 Å². The topological polar surface area (TPSA) is 43.4 Å². The predicted octanol–water partition coefficient (Wildman–Crippen LogP) is 2.91. The fourth-order valence-corrected chi connectivity index (χ4v) is 1.52. The van der Waals surface area contributed by atoms with E-state index >= 15 is 0 Å². The van der Waals surface area contributed by atoms with Crippen LogP contribution in [0.1, 0.15) is 58.3 Å². The maximum Gasteiger partial charge on any atom is 0.198 e. The zero-order chi connectivity index (χ0) is 12.2. The van der Waals surface area contributed by atoms with E-state index in [2.05, 4.69) is 6.92 Å². The van der Waals surface area contributed by atoms with Crippen molar-refractivity contribution in [3.05, 3.63) is 0 Å². The van der Waals surface area contributed by atoms with Gasteiger partial charge in [-0.05, 0) is 19.3 Å². The Morgan fingerprint density at radius 1 is 0.875 bits per heavy atom. The first-order valence-electron chi connectivity index (χ1n) is 6.27. The van der Waals surface area contributed by atoms with E-state index in [1.165, 1.54) is 0 Å². The van der Waals surface area contributed by atoms with E-state index in [4.69, 9.17) is 4.74 Å². The number of hydrogen-bond donors (Lipinski definition) is 0. The lowest BCUT2D eigenvalue weighted by atomic mass is 10.0. The highest BCUT2D eigenvalue weighted by molar-refractivity contribution is 6.37. The third-order valence-electron chi connectivity index (χ3n) is 2.57. The van der Waals surface area contributed by atoms with Gasteiger partial charge in [-0.2, -0.15) is 0 Å². The molecule has 0 atom stereocenters. The molecule has 0 bridgehead atoms. The monoisotopic (exact) mass is 228 g/mol. The van der Waals surface area contributed by atoms with Gasteiger partial charge in [-0.15, -0.1) is 0 Å². The Morgan fingerprint density at radius 3 is 1.94 bits per heavy atom. The molecule has 0 aliphatic carbocycles. The fourth-order valence-electron chi connectivity index (χ4n) is 1.52. The van der Waals surface area contributed by atoms with E-state index in [0.29, 0.717) is 19.4 Å². The van der Waals surface area contributed by atoms with Gasteiger partial charge in [0.15, 0.2) is 11.6 Å². The number of hydrogen-bond acceptors (Lipinski definition) is 3. The van der Waals surface area contributed by atoms with E-state index in [0.717, 1.165) is 38.5 Å². The van der Waals surface area contributed by atoms with Crippen molar-refractivity contribution < 1.29 is 14.3 Å². The Kier molecular flexibility index (Phi) is 10.3. The van der Waals surface area contributed by atoms with E-state index in [1.54, 1.807) is 7.11 Å². The molecule has 0 fully saturated rings. The molecule has 0 rings (SSSR count). The minimum absolute atomic E-state index is 0.187. The number of Topliss-reactive ketones (excluding diaryl/α,β-unsaturated/α-hetero) is 2. The normalized spacial score (nSPS) is 10.4. The summed E-state index contributed by atoms with van der Waals surface area (Å²) in [6, 6.07) is 0. The molecule has 0 spiro atoms. The SMILES string of the molecule is CCCCCCC(=O)C(=O)CCCCOC. The maximum absolute atomic E-state index is 11.4. The minimum Gasteiger partial charge on any atom is -0.385 e. The zero-order valence-electron chi connectivity index (χ0n) is 10.6. The van der Waals surface area contributed by atoms with Crippen molar-refractivity contribution in [1.82, 2.24) is 0 Å². The average molecular weight is 228 g/mol. The highest BCUT2D eigenvalue weighted by atomic mass is 16.5. The van der Waals surface area contributed by atoms with Gasteiger partial charge >= 0.3 is 0 Å². The standard InChI is InChI=1S/C13H24O3/c1-3-4-5-6-9-12(14)13(15)10-7-8-11-16-2/h3-11H2,1-2H3. The molecule has 0 aromatic heterocycles. The smallest absolute Gasteiger partial charge is 0.198 e. The molecule has 16 heavy (non-hydrogen) atoms. The van der Waals surface area contributed by atoms with E-state index < -0.39 is 0 Å². The predicted molar refractivity (Wildman–Crippen MR) is 64.5 cm³/mol. The van der Waals surface area contributed by atoms with Crippen LogP contribution in [0.4, 0.5) is 0 Å². The first-order chi connectivity index (χ1) is 7.72. The molecule has 0 aliphatic heterocycles. The molecule has 3 heteroatoms. The Labute approximate surface area is 98.6 Å². The summed E-state index contributed by atoms with van der Waals surface area (Å²) in [7, 11) is 1.64. The average Bonchev–Trinajstić information content (AvgIpc) is 2.29. The van der Waals surface area contributed by atoms with Crippen LogP contribution in [-0.4, -0.2) is 25.3 Å². The molecule has 0 aromatic carbocycles. The van der Waals surface area contributed by atoms with Crippen molar-refractivity contribution in [1.29, 1.82) is 0 Å². The second-order valence-corrected chi connectivity index (χ2v) is 4.11. The third kappa shape index (κ3) is 8.60. The zero-order valence-corrected chi connectivity index (χ0v) is 10.6. The lowest BCUT2D eigenvalue weighted by Crippen LogP contribution is -2.13. The summed E-state index contributed by atoms with van der Waals surface area (Å²) in [5.41, 5.74) is 0. The highest BCUT2D eigenvalue weighted by Gasteiger charge is 2.12. The highest BCUT2D eigenvalue weighted by Crippen LogP contribution is 2.05. The number of carbonyl (C=O) groups excluding carboxylic acids is 2. The van der Waals surface area contributed by atoms with Gasteiger partial charge in [0.25, 0.3) is 0 Å². The molecule has 0 radical (unpaired) electrons. The van der Waals surface area contributed by atoms with E-state index in [9.17, 15) is 9.59 Å². The van der Waals surface area contributed by atoms with Gasteiger partial charge in [0, 0.05) is 26.6 Å². The van der Waals surface area contributed by atoms with Crippen LogP contribution in [0.25, 0.3) is 0 Å². The Balaban J connectivity index is 3.46. The quantitative estimate of drug-likeness (QED) is 0.403. The lowest BCUT2D eigenvalue weighted by molar-refractivity contribution is -0.136. The Hall–Kier alpha value is -0.700. The Morgan fingerprint density at radius 2 is 1.44 bits per heavy atom. The van der Waals surface area contributed by atoms with Crippen LogP contribution >= 0.6 is 0 Å². The van der Waals surface area contributed by atoms with Crippen LogP contribution in [0.3, 0.4) is 0 Å². The largest absolute Gasteiger partial charge is 0.385 e. The van der Waals surface area contributed by atoms with Crippen molar-refractivity contribution >= 4 is 11.6 Å². The van der Waals surface area contributed by atoms with Crippen molar-refractivity contribution in [3.63, 3.8) is 0 Å². The molecule has 0 unspecified atom stereocenters. The molecule has 0 N–H and O–H groups in total. The van der Waals surface area contributed by atoms with Crippen LogP contribution in [0, 0.1) is 0 Å². The second kappa shape index (κ2) is 10.8. The van der Waals surface area contributed by atoms with Gasteiger partial charge in [0.1, 0.15) is 0 Å². The summed E-state index contributed by atoms with van der Waals surface area (Å²) < 4.78 is 4.88. The summed E-state index contributed by atoms with van der Waals surface area (Å²) in [5.74, 6) is -0.388. The summed E-state index contributed by atoms with van der Waals surface area (Å²) in [6.45, 7) is 2.79. The first-order valence-corrected chi connectivity index (χ1v) is 6.27. The Bertz CT molecular complexity index is 177. The molecule has 0 aliphatic rings. The van der Waals surface area contributed by atoms with Crippen molar-refractivity contribution in [2.24, 2.45) is 0 Å². The molecule has 0 saturated carbocycles. The van der Waals surface area contributed by atoms with Gasteiger partial charge in [-0.3, -0.25) is 9.59 Å². The van der Waals surface area contributed by atoms with Gasteiger partial charge in [-0.25, -0.2) is 0 Å². The van der Waals surface area contributed by atoms with Crippen molar-refractivity contribution in [2.45, 2.75) is 58.3 Å². The van der Waals surface area contributed by atoms with Gasteiger partial charge in [0.2, 0.25) is 0 Å².